The van der Waals surface area contributed by atoms with Gasteiger partial charge in [-0.15, -0.1) is 0 Å². The van der Waals surface area contributed by atoms with E-state index in [9.17, 15) is 4.79 Å². The fourth-order valence-corrected chi connectivity index (χ4v) is 3.62. The van der Waals surface area contributed by atoms with Crippen molar-refractivity contribution >= 4 is 37.8 Å². The van der Waals surface area contributed by atoms with Crippen LogP contribution in [0.15, 0.2) is 39.3 Å². The average molecular weight is 428 g/mol. The van der Waals surface area contributed by atoms with Crippen molar-refractivity contribution in [1.29, 1.82) is 0 Å². The summed E-state index contributed by atoms with van der Waals surface area (Å²) in [6.45, 7) is 5.68. The molecule has 0 saturated carbocycles. The first kappa shape index (κ1) is 17.0. The molecule has 0 saturated heterocycles. The van der Waals surface area contributed by atoms with Crippen LogP contribution in [0.25, 0.3) is 0 Å². The van der Waals surface area contributed by atoms with E-state index in [1.54, 1.807) is 6.07 Å². The summed E-state index contributed by atoms with van der Waals surface area (Å²) in [5.74, 6) is 0.771. The highest BCUT2D eigenvalue weighted by Gasteiger charge is 2.12. The standard InChI is InChI=1S/C17H16Br2O3/c1-10-4-5-15(11(2)6-10)22-16(20)9-21-17-12(3)7-13(18)8-14(17)19/h4-8H,9H2,1-3H3. The van der Waals surface area contributed by atoms with Gasteiger partial charge in [0.25, 0.3) is 0 Å². The molecule has 5 heteroatoms. The van der Waals surface area contributed by atoms with E-state index in [0.29, 0.717) is 11.5 Å². The molecular formula is C17H16Br2O3. The first-order valence-corrected chi connectivity index (χ1v) is 8.32. The summed E-state index contributed by atoms with van der Waals surface area (Å²) < 4.78 is 12.7. The second-order valence-corrected chi connectivity index (χ2v) is 6.84. The summed E-state index contributed by atoms with van der Waals surface area (Å²) in [7, 11) is 0. The summed E-state index contributed by atoms with van der Waals surface area (Å²) in [5, 5.41) is 0. The van der Waals surface area contributed by atoms with Crippen molar-refractivity contribution in [2.45, 2.75) is 20.8 Å². The third-order valence-electron chi connectivity index (χ3n) is 3.08. The van der Waals surface area contributed by atoms with Crippen LogP contribution in [0.4, 0.5) is 0 Å². The van der Waals surface area contributed by atoms with Gasteiger partial charge in [0.15, 0.2) is 6.61 Å². The van der Waals surface area contributed by atoms with Gasteiger partial charge in [-0.1, -0.05) is 33.6 Å². The Morgan fingerprint density at radius 1 is 1.05 bits per heavy atom. The molecule has 2 aromatic rings. The van der Waals surface area contributed by atoms with Gasteiger partial charge in [-0.05, 0) is 66.0 Å². The van der Waals surface area contributed by atoms with E-state index in [0.717, 1.165) is 25.6 Å². The second kappa shape index (κ2) is 7.29. The Balaban J connectivity index is 2.02. The number of carbonyl (C=O) groups excluding carboxylic acids is 1. The van der Waals surface area contributed by atoms with Gasteiger partial charge in [-0.3, -0.25) is 0 Å². The zero-order valence-corrected chi connectivity index (χ0v) is 15.7. The molecule has 2 aromatic carbocycles. The predicted molar refractivity (Wildman–Crippen MR) is 93.6 cm³/mol. The molecule has 0 aliphatic heterocycles. The Labute approximate surface area is 146 Å². The normalized spacial score (nSPS) is 10.4. The van der Waals surface area contributed by atoms with Crippen molar-refractivity contribution in [2.24, 2.45) is 0 Å². The zero-order valence-electron chi connectivity index (χ0n) is 12.6. The smallest absolute Gasteiger partial charge is 0.349 e. The van der Waals surface area contributed by atoms with Crippen LogP contribution in [0.2, 0.25) is 0 Å². The molecule has 0 N–H and O–H groups in total. The molecule has 0 fully saturated rings. The minimum atomic E-state index is -0.429. The van der Waals surface area contributed by atoms with Crippen molar-refractivity contribution < 1.29 is 14.3 Å². The Kier molecular flexibility index (Phi) is 5.64. The number of rotatable bonds is 4. The first-order chi connectivity index (χ1) is 10.4. The highest BCUT2D eigenvalue weighted by molar-refractivity contribution is 9.11. The predicted octanol–water partition coefficient (Wildman–Crippen LogP) is 5.12. The van der Waals surface area contributed by atoms with Gasteiger partial charge in [0.2, 0.25) is 0 Å². The van der Waals surface area contributed by atoms with Crippen molar-refractivity contribution in [3.8, 4) is 11.5 Å². The number of hydrogen-bond acceptors (Lipinski definition) is 3. The monoisotopic (exact) mass is 426 g/mol. The third-order valence-corrected chi connectivity index (χ3v) is 4.13. The molecular weight excluding hydrogens is 412 g/mol. The fraction of sp³-hybridized carbons (Fsp3) is 0.235. The molecule has 22 heavy (non-hydrogen) atoms. The lowest BCUT2D eigenvalue weighted by molar-refractivity contribution is -0.136. The molecule has 0 unspecified atom stereocenters. The summed E-state index contributed by atoms with van der Waals surface area (Å²) in [5.41, 5.74) is 2.98. The molecule has 0 bridgehead atoms. The maximum absolute atomic E-state index is 11.9. The molecule has 0 aromatic heterocycles. The van der Waals surface area contributed by atoms with Gasteiger partial charge in [-0.25, -0.2) is 4.79 Å². The van der Waals surface area contributed by atoms with Crippen LogP contribution in [0.3, 0.4) is 0 Å². The van der Waals surface area contributed by atoms with Crippen LogP contribution in [0, 0.1) is 20.8 Å². The summed E-state index contributed by atoms with van der Waals surface area (Å²) in [6.07, 6.45) is 0. The van der Waals surface area contributed by atoms with Gasteiger partial charge >= 0.3 is 5.97 Å². The molecule has 0 heterocycles. The lowest BCUT2D eigenvalue weighted by Crippen LogP contribution is -2.18. The number of halogens is 2. The Hall–Kier alpha value is -1.33. The second-order valence-electron chi connectivity index (χ2n) is 5.07. The van der Waals surface area contributed by atoms with E-state index in [1.165, 1.54) is 0 Å². The molecule has 0 aliphatic rings. The molecule has 3 nitrogen and oxygen atoms in total. The molecule has 0 spiro atoms. The Morgan fingerprint density at radius 3 is 2.41 bits per heavy atom. The van der Waals surface area contributed by atoms with E-state index in [2.05, 4.69) is 31.9 Å². The number of aryl methyl sites for hydroxylation is 3. The van der Waals surface area contributed by atoms with Crippen molar-refractivity contribution in [2.75, 3.05) is 6.61 Å². The first-order valence-electron chi connectivity index (χ1n) is 6.73. The van der Waals surface area contributed by atoms with Gasteiger partial charge in [-0.2, -0.15) is 0 Å². The number of benzene rings is 2. The van der Waals surface area contributed by atoms with Crippen molar-refractivity contribution in [3.63, 3.8) is 0 Å². The van der Waals surface area contributed by atoms with Gasteiger partial charge < -0.3 is 9.47 Å². The van der Waals surface area contributed by atoms with Crippen molar-refractivity contribution in [1.82, 2.24) is 0 Å². The van der Waals surface area contributed by atoms with Crippen LogP contribution in [0.5, 0.6) is 11.5 Å². The Bertz CT molecular complexity index is 688. The molecule has 0 atom stereocenters. The van der Waals surface area contributed by atoms with E-state index >= 15 is 0 Å². The van der Waals surface area contributed by atoms with Crippen molar-refractivity contribution in [3.05, 3.63) is 56.0 Å². The number of hydrogen-bond donors (Lipinski definition) is 0. The highest BCUT2D eigenvalue weighted by Crippen LogP contribution is 2.32. The molecule has 0 aliphatic carbocycles. The van der Waals surface area contributed by atoms with E-state index in [-0.39, 0.29) is 6.61 Å². The highest BCUT2D eigenvalue weighted by atomic mass is 79.9. The summed E-state index contributed by atoms with van der Waals surface area (Å²) >= 11 is 6.84. The maximum Gasteiger partial charge on any atom is 0.349 e. The van der Waals surface area contributed by atoms with Crippen LogP contribution >= 0.6 is 31.9 Å². The molecule has 0 radical (unpaired) electrons. The third kappa shape index (κ3) is 4.34. The van der Waals surface area contributed by atoms with Gasteiger partial charge in [0, 0.05) is 4.47 Å². The maximum atomic E-state index is 11.9. The van der Waals surface area contributed by atoms with Crippen LogP contribution in [0.1, 0.15) is 16.7 Å². The molecule has 116 valence electrons. The molecule has 2 rings (SSSR count). The lowest BCUT2D eigenvalue weighted by atomic mass is 10.1. The SMILES string of the molecule is Cc1ccc(OC(=O)COc2c(C)cc(Br)cc2Br)c(C)c1. The van der Waals surface area contributed by atoms with Crippen LogP contribution in [-0.4, -0.2) is 12.6 Å². The van der Waals surface area contributed by atoms with E-state index < -0.39 is 5.97 Å². The average Bonchev–Trinajstić information content (AvgIpc) is 2.40. The minimum absolute atomic E-state index is 0.144. The van der Waals surface area contributed by atoms with E-state index in [1.807, 2.05) is 45.0 Å². The number of ether oxygens (including phenoxy) is 2. The van der Waals surface area contributed by atoms with Crippen LogP contribution in [-0.2, 0) is 4.79 Å². The summed E-state index contributed by atoms with van der Waals surface area (Å²) in [4.78, 5) is 11.9. The fourth-order valence-electron chi connectivity index (χ4n) is 2.07. The van der Waals surface area contributed by atoms with Gasteiger partial charge in [0.05, 0.1) is 4.47 Å². The molecule has 0 amide bonds. The topological polar surface area (TPSA) is 35.5 Å². The van der Waals surface area contributed by atoms with Crippen LogP contribution < -0.4 is 9.47 Å². The van der Waals surface area contributed by atoms with E-state index in [4.69, 9.17) is 9.47 Å². The number of carbonyl (C=O) groups is 1. The quantitative estimate of drug-likeness (QED) is 0.501. The zero-order chi connectivity index (χ0) is 16.3. The minimum Gasteiger partial charge on any atom is -0.480 e. The number of esters is 1. The summed E-state index contributed by atoms with van der Waals surface area (Å²) in [6, 6.07) is 9.47. The largest absolute Gasteiger partial charge is 0.480 e. The van der Waals surface area contributed by atoms with Gasteiger partial charge in [0.1, 0.15) is 11.5 Å². The Morgan fingerprint density at radius 2 is 1.77 bits per heavy atom. The lowest BCUT2D eigenvalue weighted by Gasteiger charge is -2.12.